The fourth-order valence-electron chi connectivity index (χ4n) is 2.74. The van der Waals surface area contributed by atoms with Crippen molar-refractivity contribution in [2.75, 3.05) is 0 Å². The zero-order valence-corrected chi connectivity index (χ0v) is 17.2. The minimum absolute atomic E-state index is 0.00312. The molecule has 2 amide bonds. The van der Waals surface area contributed by atoms with Crippen molar-refractivity contribution in [3.63, 3.8) is 0 Å². The summed E-state index contributed by atoms with van der Waals surface area (Å²) in [6.07, 6.45) is 0.886. The van der Waals surface area contributed by atoms with Gasteiger partial charge in [0.1, 0.15) is 11.9 Å². The predicted octanol–water partition coefficient (Wildman–Crippen LogP) is 4.35. The summed E-state index contributed by atoms with van der Waals surface area (Å²) in [6.45, 7) is 5.56. The van der Waals surface area contributed by atoms with E-state index in [4.69, 9.17) is 11.6 Å². The third kappa shape index (κ3) is 6.06. The molecule has 0 radical (unpaired) electrons. The van der Waals surface area contributed by atoms with Crippen LogP contribution in [0.25, 0.3) is 0 Å². The molecule has 28 heavy (non-hydrogen) atoms. The van der Waals surface area contributed by atoms with Crippen LogP contribution in [0, 0.1) is 5.82 Å². The van der Waals surface area contributed by atoms with Crippen LogP contribution in [0.3, 0.4) is 0 Å². The van der Waals surface area contributed by atoms with Crippen LogP contribution in [-0.4, -0.2) is 28.8 Å². The minimum atomic E-state index is -0.728. The molecule has 0 bridgehead atoms. The van der Waals surface area contributed by atoms with Crippen molar-refractivity contribution >= 4 is 23.4 Å². The summed E-state index contributed by atoms with van der Waals surface area (Å²) in [5.74, 6) is -0.908. The van der Waals surface area contributed by atoms with Gasteiger partial charge in [0.05, 0.1) is 6.42 Å². The van der Waals surface area contributed by atoms with Gasteiger partial charge in [0, 0.05) is 23.2 Å². The van der Waals surface area contributed by atoms with Crippen LogP contribution >= 0.6 is 11.6 Å². The van der Waals surface area contributed by atoms with E-state index in [2.05, 4.69) is 5.32 Å². The molecule has 0 spiro atoms. The maximum Gasteiger partial charge on any atom is 0.242 e. The first kappa shape index (κ1) is 21.9. The molecule has 0 aliphatic heterocycles. The molecular formula is C22H26ClFN2O2. The average Bonchev–Trinajstić information content (AvgIpc) is 2.68. The van der Waals surface area contributed by atoms with Crippen molar-refractivity contribution in [2.45, 2.75) is 52.2 Å². The zero-order chi connectivity index (χ0) is 20.7. The highest BCUT2D eigenvalue weighted by atomic mass is 35.5. The lowest BCUT2D eigenvalue weighted by atomic mass is 10.1. The van der Waals surface area contributed by atoms with Gasteiger partial charge < -0.3 is 10.2 Å². The number of carbonyl (C=O) groups excluding carboxylic acids is 2. The number of carbonyl (C=O) groups is 2. The van der Waals surface area contributed by atoms with Crippen LogP contribution in [0.15, 0.2) is 48.5 Å². The second kappa shape index (κ2) is 10.2. The van der Waals surface area contributed by atoms with E-state index in [9.17, 15) is 14.0 Å². The molecule has 4 nitrogen and oxygen atoms in total. The van der Waals surface area contributed by atoms with E-state index < -0.39 is 11.9 Å². The number of benzene rings is 2. The first-order valence-electron chi connectivity index (χ1n) is 9.39. The number of hydrogen-bond donors (Lipinski definition) is 1. The smallest absolute Gasteiger partial charge is 0.242 e. The summed E-state index contributed by atoms with van der Waals surface area (Å²) >= 11 is 5.90. The third-order valence-corrected chi connectivity index (χ3v) is 4.99. The molecule has 0 fully saturated rings. The molecule has 2 aromatic rings. The van der Waals surface area contributed by atoms with E-state index in [1.54, 1.807) is 49.4 Å². The Labute approximate surface area is 170 Å². The highest BCUT2D eigenvalue weighted by Gasteiger charge is 2.27. The molecule has 150 valence electrons. The van der Waals surface area contributed by atoms with E-state index >= 15 is 0 Å². The summed E-state index contributed by atoms with van der Waals surface area (Å²) in [5, 5.41) is 3.48. The predicted molar refractivity (Wildman–Crippen MR) is 109 cm³/mol. The highest BCUT2D eigenvalue weighted by Crippen LogP contribution is 2.16. The Morgan fingerprint density at radius 2 is 1.75 bits per heavy atom. The molecule has 2 atom stereocenters. The van der Waals surface area contributed by atoms with Gasteiger partial charge >= 0.3 is 0 Å². The summed E-state index contributed by atoms with van der Waals surface area (Å²) < 4.78 is 14.2. The largest absolute Gasteiger partial charge is 0.352 e. The monoisotopic (exact) mass is 404 g/mol. The molecule has 0 aromatic heterocycles. The summed E-state index contributed by atoms with van der Waals surface area (Å²) in [6, 6.07) is 12.5. The van der Waals surface area contributed by atoms with Gasteiger partial charge in [-0.1, -0.05) is 48.9 Å². The van der Waals surface area contributed by atoms with Crippen LogP contribution in [0.5, 0.6) is 0 Å². The SMILES string of the molecule is CC[C@H](C)NC(=O)[C@@H](C)N(Cc1ccccc1F)C(=O)Cc1ccc(Cl)cc1. The van der Waals surface area contributed by atoms with Crippen LogP contribution in [-0.2, 0) is 22.6 Å². The van der Waals surface area contributed by atoms with Crippen molar-refractivity contribution in [3.8, 4) is 0 Å². The molecule has 0 saturated heterocycles. The quantitative estimate of drug-likeness (QED) is 0.710. The van der Waals surface area contributed by atoms with E-state index in [1.807, 2.05) is 13.8 Å². The van der Waals surface area contributed by atoms with Crippen molar-refractivity contribution < 1.29 is 14.0 Å². The molecule has 2 rings (SSSR count). The van der Waals surface area contributed by atoms with Gasteiger partial charge in [0.2, 0.25) is 11.8 Å². The first-order valence-corrected chi connectivity index (χ1v) is 9.77. The summed E-state index contributed by atoms with van der Waals surface area (Å²) in [7, 11) is 0. The van der Waals surface area contributed by atoms with Crippen molar-refractivity contribution in [1.82, 2.24) is 10.2 Å². The van der Waals surface area contributed by atoms with Gasteiger partial charge in [0.25, 0.3) is 0 Å². The number of amides is 2. The van der Waals surface area contributed by atoms with Crippen LogP contribution in [0.1, 0.15) is 38.3 Å². The van der Waals surface area contributed by atoms with Gasteiger partial charge in [-0.2, -0.15) is 0 Å². The Hall–Kier alpha value is -2.40. The van der Waals surface area contributed by atoms with Crippen LogP contribution in [0.4, 0.5) is 4.39 Å². The lowest BCUT2D eigenvalue weighted by Gasteiger charge is -2.30. The molecule has 0 aliphatic carbocycles. The first-order chi connectivity index (χ1) is 13.3. The molecule has 0 unspecified atom stereocenters. The Bertz CT molecular complexity index is 810. The van der Waals surface area contributed by atoms with Gasteiger partial charge in [0.15, 0.2) is 0 Å². The van der Waals surface area contributed by atoms with E-state index in [0.717, 1.165) is 12.0 Å². The second-order valence-corrected chi connectivity index (χ2v) is 7.35. The highest BCUT2D eigenvalue weighted by molar-refractivity contribution is 6.30. The zero-order valence-electron chi connectivity index (χ0n) is 16.4. The molecule has 0 saturated carbocycles. The number of halogens is 2. The van der Waals surface area contributed by atoms with Gasteiger partial charge in [-0.25, -0.2) is 4.39 Å². The van der Waals surface area contributed by atoms with Crippen LogP contribution < -0.4 is 5.32 Å². The van der Waals surface area contributed by atoms with Crippen molar-refractivity contribution in [2.24, 2.45) is 0 Å². The number of rotatable bonds is 8. The summed E-state index contributed by atoms with van der Waals surface area (Å²) in [4.78, 5) is 27.0. The lowest BCUT2D eigenvalue weighted by molar-refractivity contribution is -0.140. The lowest BCUT2D eigenvalue weighted by Crippen LogP contribution is -2.50. The Balaban J connectivity index is 2.23. The van der Waals surface area contributed by atoms with E-state index in [1.165, 1.54) is 11.0 Å². The standard InChI is InChI=1S/C22H26ClFN2O2/c1-4-15(2)25-22(28)16(3)26(14-18-7-5-6-8-20(18)24)21(27)13-17-9-11-19(23)12-10-17/h5-12,15-16H,4,13-14H2,1-3H3,(H,25,28)/t15-,16+/m0/s1. The Kier molecular flexibility index (Phi) is 8.00. The number of nitrogens with zero attached hydrogens (tertiary/aromatic N) is 1. The maximum atomic E-state index is 14.2. The minimum Gasteiger partial charge on any atom is -0.352 e. The molecular weight excluding hydrogens is 379 g/mol. The van der Waals surface area contributed by atoms with Crippen LogP contribution in [0.2, 0.25) is 5.02 Å². The van der Waals surface area contributed by atoms with E-state index in [-0.39, 0.29) is 30.8 Å². The molecule has 2 aromatic carbocycles. The molecule has 0 aliphatic rings. The van der Waals surface area contributed by atoms with Gasteiger partial charge in [-0.05, 0) is 44.0 Å². The fourth-order valence-corrected chi connectivity index (χ4v) is 2.86. The van der Waals surface area contributed by atoms with Gasteiger partial charge in [-0.3, -0.25) is 9.59 Å². The maximum absolute atomic E-state index is 14.2. The summed E-state index contributed by atoms with van der Waals surface area (Å²) in [5.41, 5.74) is 1.15. The Morgan fingerprint density at radius 1 is 1.11 bits per heavy atom. The topological polar surface area (TPSA) is 49.4 Å². The van der Waals surface area contributed by atoms with Crippen molar-refractivity contribution in [1.29, 1.82) is 0 Å². The molecule has 6 heteroatoms. The normalized spacial score (nSPS) is 12.9. The number of nitrogens with one attached hydrogen (secondary N) is 1. The second-order valence-electron chi connectivity index (χ2n) is 6.91. The van der Waals surface area contributed by atoms with E-state index in [0.29, 0.717) is 10.6 Å². The molecule has 1 N–H and O–H groups in total. The van der Waals surface area contributed by atoms with Gasteiger partial charge in [-0.15, -0.1) is 0 Å². The van der Waals surface area contributed by atoms with Crippen molar-refractivity contribution in [3.05, 3.63) is 70.5 Å². The Morgan fingerprint density at radius 3 is 2.36 bits per heavy atom. The fraction of sp³-hybridized carbons (Fsp3) is 0.364. The number of hydrogen-bond acceptors (Lipinski definition) is 2. The average molecular weight is 405 g/mol. The molecule has 0 heterocycles. The third-order valence-electron chi connectivity index (χ3n) is 4.74.